The summed E-state index contributed by atoms with van der Waals surface area (Å²) in [6.45, 7) is 7.31. The van der Waals surface area contributed by atoms with Crippen molar-refractivity contribution in [3.8, 4) is 0 Å². The average Bonchev–Trinajstić information content (AvgIpc) is 2.75. The van der Waals surface area contributed by atoms with Crippen LogP contribution in [0.3, 0.4) is 0 Å². The van der Waals surface area contributed by atoms with Crippen molar-refractivity contribution in [1.82, 2.24) is 13.7 Å². The maximum Gasteiger partial charge on any atom is 0.336 e. The highest BCUT2D eigenvalue weighted by molar-refractivity contribution is 6.51. The van der Waals surface area contributed by atoms with Gasteiger partial charge in [0.1, 0.15) is 0 Å². The van der Waals surface area contributed by atoms with E-state index >= 15 is 0 Å². The molecule has 0 saturated heterocycles. The molecule has 0 spiro atoms. The van der Waals surface area contributed by atoms with Gasteiger partial charge in [0.2, 0.25) is 18.1 Å². The Bertz CT molecular complexity index is 729. The minimum atomic E-state index is -0.895. The van der Waals surface area contributed by atoms with Crippen molar-refractivity contribution in [1.29, 1.82) is 0 Å². The van der Waals surface area contributed by atoms with Crippen molar-refractivity contribution in [2.45, 2.75) is 89.5 Å². The van der Waals surface area contributed by atoms with Crippen molar-refractivity contribution in [2.24, 2.45) is 0 Å². The van der Waals surface area contributed by atoms with Gasteiger partial charge in [-0.2, -0.15) is 0 Å². The van der Waals surface area contributed by atoms with E-state index in [1.807, 2.05) is 0 Å². The van der Waals surface area contributed by atoms with Gasteiger partial charge in [0.25, 0.3) is 0 Å². The third-order valence-electron chi connectivity index (χ3n) is 5.23. The molecule has 0 aliphatic rings. The van der Waals surface area contributed by atoms with Gasteiger partial charge in [-0.1, -0.05) is 26.4 Å². The summed E-state index contributed by atoms with van der Waals surface area (Å²) in [5, 5.41) is 0. The molecule has 170 valence electrons. The number of hydrogen-bond acceptors (Lipinski definition) is 5. The van der Waals surface area contributed by atoms with Crippen molar-refractivity contribution in [2.75, 3.05) is 14.2 Å². The number of aromatic nitrogens is 3. The lowest BCUT2D eigenvalue weighted by Gasteiger charge is -2.15. The van der Waals surface area contributed by atoms with Gasteiger partial charge in [0.15, 0.2) is 0 Å². The van der Waals surface area contributed by atoms with Gasteiger partial charge in [-0.3, -0.25) is 0 Å². The van der Waals surface area contributed by atoms with Crippen molar-refractivity contribution in [3.63, 3.8) is 0 Å². The predicted molar refractivity (Wildman–Crippen MR) is 126 cm³/mol. The fourth-order valence-electron chi connectivity index (χ4n) is 3.39. The third kappa shape index (κ3) is 7.91. The maximum atomic E-state index is 13.0. The Morgan fingerprint density at radius 1 is 0.733 bits per heavy atom. The molecule has 0 N–H and O–H groups in total. The molecule has 0 amide bonds. The molecular weight excluding hydrogens is 434 g/mol. The van der Waals surface area contributed by atoms with Gasteiger partial charge < -0.3 is 8.85 Å². The first kappa shape index (κ1) is 27.0. The van der Waals surface area contributed by atoms with Crippen molar-refractivity contribution < 1.29 is 8.85 Å². The first-order valence-corrected chi connectivity index (χ1v) is 16.2. The van der Waals surface area contributed by atoms with Gasteiger partial charge >= 0.3 is 17.1 Å². The van der Waals surface area contributed by atoms with Crippen molar-refractivity contribution in [3.05, 3.63) is 31.5 Å². The molecule has 1 aromatic rings. The van der Waals surface area contributed by atoms with E-state index < -0.39 is 35.1 Å². The molecule has 1 rings (SSSR count). The Hall–Kier alpha value is -1.02. The second kappa shape index (κ2) is 14.9. The summed E-state index contributed by atoms with van der Waals surface area (Å²) in [7, 11) is 2.43. The van der Waals surface area contributed by atoms with Crippen LogP contribution in [0.5, 0.6) is 0 Å². The predicted octanol–water partition coefficient (Wildman–Crippen LogP) is 1.83. The molecule has 0 aliphatic carbocycles. The van der Waals surface area contributed by atoms with E-state index in [1.54, 1.807) is 14.2 Å². The molecule has 0 unspecified atom stereocenters. The SMILES string of the molecule is CC[Si](CCCn1c(=O)n(CCC[Si]C)c(=O)n(CCC[Si](CC)OC)c1=O)OC. The lowest BCUT2D eigenvalue weighted by atomic mass is 10.4. The number of rotatable bonds is 16. The minimum absolute atomic E-state index is 0.326. The van der Waals surface area contributed by atoms with Crippen LogP contribution in [0.1, 0.15) is 33.1 Å². The molecule has 0 atom stereocenters. The van der Waals surface area contributed by atoms with Crippen LogP contribution in [-0.2, 0) is 28.5 Å². The first-order valence-electron chi connectivity index (χ1n) is 10.8. The summed E-state index contributed by atoms with van der Waals surface area (Å²) in [6.07, 6.45) is 2.17. The fourth-order valence-corrected chi connectivity index (χ4v) is 6.69. The van der Waals surface area contributed by atoms with E-state index in [1.165, 1.54) is 13.7 Å². The minimum Gasteiger partial charge on any atom is -0.420 e. The molecule has 0 aliphatic heterocycles. The van der Waals surface area contributed by atoms with E-state index in [0.29, 0.717) is 32.5 Å². The van der Waals surface area contributed by atoms with E-state index in [4.69, 9.17) is 8.85 Å². The average molecular weight is 472 g/mol. The van der Waals surface area contributed by atoms with Crippen LogP contribution in [0.15, 0.2) is 14.4 Å². The van der Waals surface area contributed by atoms with Gasteiger partial charge in [0.05, 0.1) is 0 Å². The van der Waals surface area contributed by atoms with E-state index in [9.17, 15) is 14.4 Å². The smallest absolute Gasteiger partial charge is 0.336 e. The zero-order chi connectivity index (χ0) is 22.5. The Morgan fingerprint density at radius 3 is 1.40 bits per heavy atom. The van der Waals surface area contributed by atoms with E-state index in [0.717, 1.165) is 46.2 Å². The topological polar surface area (TPSA) is 84.5 Å². The second-order valence-corrected chi connectivity index (χ2v) is 13.8. The monoisotopic (exact) mass is 471 g/mol. The molecule has 8 nitrogen and oxygen atoms in total. The standard InChI is InChI=1S/C19H37N3O5Si3/c1-6-29(26-3)15-9-12-21-17(23)20(11-8-14-28-5)18(24)22(19(21)25)13-10-16-30(7-2)27-4/h6-16H2,1-5H3. The summed E-state index contributed by atoms with van der Waals surface area (Å²) >= 11 is 0. The number of nitrogens with zero attached hydrogens (tertiary/aromatic N) is 3. The second-order valence-electron chi connectivity index (χ2n) is 7.16. The summed E-state index contributed by atoms with van der Waals surface area (Å²) in [4.78, 5) is 38.8. The lowest BCUT2D eigenvalue weighted by molar-refractivity contribution is 0.404. The van der Waals surface area contributed by atoms with Crippen molar-refractivity contribution >= 4 is 27.6 Å². The molecule has 30 heavy (non-hydrogen) atoms. The Labute approximate surface area is 185 Å². The molecule has 0 aromatic carbocycles. The van der Waals surface area contributed by atoms with Crippen LogP contribution in [-0.4, -0.2) is 55.5 Å². The first-order chi connectivity index (χ1) is 14.4. The molecule has 0 fully saturated rings. The van der Waals surface area contributed by atoms with Gasteiger partial charge in [0, 0.05) is 43.4 Å². The molecule has 11 heteroatoms. The maximum absolute atomic E-state index is 13.0. The number of hydrogen-bond donors (Lipinski definition) is 0. The summed E-state index contributed by atoms with van der Waals surface area (Å²) in [6, 6.07) is 4.68. The van der Waals surface area contributed by atoms with Gasteiger partial charge in [-0.15, -0.1) is 0 Å². The van der Waals surface area contributed by atoms with Crippen LogP contribution in [0, 0.1) is 0 Å². The highest BCUT2D eigenvalue weighted by Crippen LogP contribution is 2.05. The zero-order valence-electron chi connectivity index (χ0n) is 19.2. The third-order valence-corrected chi connectivity index (χ3v) is 10.6. The molecular formula is C19H37N3O5Si3. The highest BCUT2D eigenvalue weighted by Gasteiger charge is 2.17. The Morgan fingerprint density at radius 2 is 1.10 bits per heavy atom. The molecule has 4 radical (unpaired) electrons. The van der Waals surface area contributed by atoms with Gasteiger partial charge in [-0.05, 0) is 43.4 Å². The van der Waals surface area contributed by atoms with Crippen LogP contribution < -0.4 is 17.1 Å². The molecule has 1 aromatic heterocycles. The Balaban J connectivity index is 3.14. The summed E-state index contributed by atoms with van der Waals surface area (Å²) < 4.78 is 14.7. The quantitative estimate of drug-likeness (QED) is 0.271. The van der Waals surface area contributed by atoms with E-state index in [-0.39, 0.29) is 0 Å². The molecule has 0 bridgehead atoms. The van der Waals surface area contributed by atoms with Gasteiger partial charge in [-0.25, -0.2) is 28.1 Å². The van der Waals surface area contributed by atoms with E-state index in [2.05, 4.69) is 20.4 Å². The van der Waals surface area contributed by atoms with Crippen LogP contribution in [0.25, 0.3) is 0 Å². The lowest BCUT2D eigenvalue weighted by Crippen LogP contribution is -2.54. The normalized spacial score (nSPS) is 11.7. The van der Waals surface area contributed by atoms with Crippen LogP contribution in [0.2, 0.25) is 36.8 Å². The van der Waals surface area contributed by atoms with Crippen LogP contribution >= 0.6 is 0 Å². The highest BCUT2D eigenvalue weighted by atomic mass is 28.3. The zero-order valence-corrected chi connectivity index (χ0v) is 22.2. The van der Waals surface area contributed by atoms with Crippen LogP contribution in [0.4, 0.5) is 0 Å². The molecule has 1 heterocycles. The fraction of sp³-hybridized carbons (Fsp3) is 0.842. The summed E-state index contributed by atoms with van der Waals surface area (Å²) in [5.41, 5.74) is -1.43. The molecule has 0 saturated carbocycles. The largest absolute Gasteiger partial charge is 0.420 e. The Kier molecular flexibility index (Phi) is 13.4. The summed E-state index contributed by atoms with van der Waals surface area (Å²) in [5.74, 6) is 0.